The Labute approximate surface area is 147 Å². The standard InChI is InChI=1S/C17H16FN5O3/c1-2-26-17(25)10-7-20-23-6-5-13(22-15(10)23)21-12-4-3-9-11(18)8-19-16(24)14(9)12/h5-8,12H,2-4H2,1H3,(H,19,24)(H,21,22). The minimum absolute atomic E-state index is 0.251. The fraction of sp³-hybridized carbons (Fsp3) is 0.294. The van der Waals surface area contributed by atoms with Crippen molar-refractivity contribution >= 4 is 17.4 Å². The number of fused-ring (bicyclic) bond motifs is 2. The van der Waals surface area contributed by atoms with Crippen LogP contribution < -0.4 is 10.9 Å². The number of rotatable bonds is 4. The number of halogens is 1. The Balaban J connectivity index is 1.68. The van der Waals surface area contributed by atoms with Crippen molar-refractivity contribution in [3.05, 3.63) is 57.5 Å². The predicted molar refractivity (Wildman–Crippen MR) is 90.6 cm³/mol. The van der Waals surface area contributed by atoms with E-state index >= 15 is 0 Å². The van der Waals surface area contributed by atoms with Crippen LogP contribution in [0.5, 0.6) is 0 Å². The van der Waals surface area contributed by atoms with E-state index in [9.17, 15) is 14.0 Å². The average Bonchev–Trinajstić information content (AvgIpc) is 3.23. The summed E-state index contributed by atoms with van der Waals surface area (Å²) in [6.45, 7) is 1.97. The first-order chi connectivity index (χ1) is 12.6. The van der Waals surface area contributed by atoms with Crippen molar-refractivity contribution in [1.82, 2.24) is 19.6 Å². The molecule has 0 aromatic carbocycles. The Morgan fingerprint density at radius 2 is 2.38 bits per heavy atom. The van der Waals surface area contributed by atoms with Crippen LogP contribution in [0.1, 0.15) is 40.9 Å². The van der Waals surface area contributed by atoms with E-state index in [0.29, 0.717) is 35.4 Å². The van der Waals surface area contributed by atoms with Crippen LogP contribution in [-0.2, 0) is 11.2 Å². The van der Waals surface area contributed by atoms with Crippen LogP contribution in [0.4, 0.5) is 10.2 Å². The highest BCUT2D eigenvalue weighted by Crippen LogP contribution is 2.32. The summed E-state index contributed by atoms with van der Waals surface area (Å²) in [6.07, 6.45) is 5.20. The van der Waals surface area contributed by atoms with E-state index in [0.717, 1.165) is 6.20 Å². The number of ether oxygens (including phenoxy) is 1. The van der Waals surface area contributed by atoms with Gasteiger partial charge < -0.3 is 15.0 Å². The zero-order chi connectivity index (χ0) is 18.3. The molecule has 3 aromatic rings. The highest BCUT2D eigenvalue weighted by Gasteiger charge is 2.28. The highest BCUT2D eigenvalue weighted by molar-refractivity contribution is 5.95. The van der Waals surface area contributed by atoms with E-state index in [1.54, 1.807) is 19.2 Å². The molecule has 0 spiro atoms. The number of aromatic nitrogens is 4. The molecule has 3 heterocycles. The molecule has 0 bridgehead atoms. The van der Waals surface area contributed by atoms with Crippen molar-refractivity contribution in [2.75, 3.05) is 11.9 Å². The molecule has 1 atom stereocenters. The fourth-order valence-electron chi connectivity index (χ4n) is 3.24. The molecular formula is C17H16FN5O3. The van der Waals surface area contributed by atoms with Gasteiger partial charge in [0.15, 0.2) is 5.65 Å². The quantitative estimate of drug-likeness (QED) is 0.691. The van der Waals surface area contributed by atoms with Crippen LogP contribution in [0.15, 0.2) is 29.5 Å². The summed E-state index contributed by atoms with van der Waals surface area (Å²) in [4.78, 5) is 30.9. The monoisotopic (exact) mass is 357 g/mol. The van der Waals surface area contributed by atoms with E-state index in [1.807, 2.05) is 0 Å². The molecule has 0 amide bonds. The van der Waals surface area contributed by atoms with Crippen molar-refractivity contribution in [3.63, 3.8) is 0 Å². The first kappa shape index (κ1) is 16.2. The van der Waals surface area contributed by atoms with Crippen LogP contribution in [0, 0.1) is 5.82 Å². The third-order valence-electron chi connectivity index (χ3n) is 4.41. The number of carbonyl (C=O) groups excluding carboxylic acids is 1. The van der Waals surface area contributed by atoms with Crippen molar-refractivity contribution in [2.45, 2.75) is 25.8 Å². The second kappa shape index (κ2) is 6.25. The third kappa shape index (κ3) is 2.61. The van der Waals surface area contributed by atoms with Gasteiger partial charge >= 0.3 is 5.97 Å². The van der Waals surface area contributed by atoms with Gasteiger partial charge in [0.25, 0.3) is 5.56 Å². The lowest BCUT2D eigenvalue weighted by atomic mass is 10.1. The van der Waals surface area contributed by atoms with E-state index in [4.69, 9.17) is 4.74 Å². The van der Waals surface area contributed by atoms with Crippen molar-refractivity contribution in [1.29, 1.82) is 0 Å². The number of aromatic amines is 1. The maximum Gasteiger partial charge on any atom is 0.343 e. The number of H-pyrrole nitrogens is 1. The molecule has 0 radical (unpaired) electrons. The molecule has 1 unspecified atom stereocenters. The molecule has 0 aliphatic heterocycles. The maximum atomic E-state index is 13.9. The van der Waals surface area contributed by atoms with Crippen LogP contribution in [0.25, 0.3) is 5.65 Å². The lowest BCUT2D eigenvalue weighted by molar-refractivity contribution is 0.0528. The molecule has 8 nitrogen and oxygen atoms in total. The second-order valence-corrected chi connectivity index (χ2v) is 5.95. The van der Waals surface area contributed by atoms with Gasteiger partial charge in [0.05, 0.1) is 18.8 Å². The van der Waals surface area contributed by atoms with Crippen LogP contribution in [0.2, 0.25) is 0 Å². The fourth-order valence-corrected chi connectivity index (χ4v) is 3.24. The van der Waals surface area contributed by atoms with Gasteiger partial charge in [-0.05, 0) is 25.8 Å². The van der Waals surface area contributed by atoms with Crippen molar-refractivity contribution < 1.29 is 13.9 Å². The Morgan fingerprint density at radius 3 is 3.19 bits per heavy atom. The Bertz CT molecular complexity index is 1060. The summed E-state index contributed by atoms with van der Waals surface area (Å²) in [5, 5.41) is 7.23. The number of nitrogens with zero attached hydrogens (tertiary/aromatic N) is 3. The molecule has 2 N–H and O–H groups in total. The minimum atomic E-state index is -0.503. The first-order valence-corrected chi connectivity index (χ1v) is 8.26. The molecule has 3 aromatic heterocycles. The smallest absolute Gasteiger partial charge is 0.343 e. The number of hydrogen-bond donors (Lipinski definition) is 2. The highest BCUT2D eigenvalue weighted by atomic mass is 19.1. The number of carbonyl (C=O) groups is 1. The Kier molecular flexibility index (Phi) is 3.90. The predicted octanol–water partition coefficient (Wildman–Crippen LogP) is 1.83. The van der Waals surface area contributed by atoms with Crippen LogP contribution in [0.3, 0.4) is 0 Å². The number of esters is 1. The van der Waals surface area contributed by atoms with E-state index in [1.165, 1.54) is 10.7 Å². The van der Waals surface area contributed by atoms with E-state index in [2.05, 4.69) is 20.4 Å². The Hall–Kier alpha value is -3.23. The zero-order valence-electron chi connectivity index (χ0n) is 14.0. The molecule has 1 aliphatic rings. The van der Waals surface area contributed by atoms with Gasteiger partial charge in [-0.1, -0.05) is 0 Å². The molecule has 0 saturated heterocycles. The number of pyridine rings is 1. The van der Waals surface area contributed by atoms with Crippen LogP contribution >= 0.6 is 0 Å². The molecule has 0 saturated carbocycles. The van der Waals surface area contributed by atoms with E-state index < -0.39 is 11.8 Å². The van der Waals surface area contributed by atoms with Gasteiger partial charge in [-0.15, -0.1) is 0 Å². The lowest BCUT2D eigenvalue weighted by Crippen LogP contribution is -2.20. The summed E-state index contributed by atoms with van der Waals surface area (Å²) in [5.41, 5.74) is 1.12. The zero-order valence-corrected chi connectivity index (χ0v) is 14.0. The molecule has 4 rings (SSSR count). The molecule has 0 fully saturated rings. The Morgan fingerprint density at radius 1 is 1.54 bits per heavy atom. The van der Waals surface area contributed by atoms with Gasteiger partial charge in [0.1, 0.15) is 17.2 Å². The molecule has 26 heavy (non-hydrogen) atoms. The number of nitrogens with one attached hydrogen (secondary N) is 2. The maximum absolute atomic E-state index is 13.9. The first-order valence-electron chi connectivity index (χ1n) is 8.26. The number of hydrogen-bond acceptors (Lipinski definition) is 6. The SMILES string of the molecule is CCOC(=O)c1cnn2ccc(NC3CCc4c(F)c[nH]c(=O)c43)nc12. The molecular weight excluding hydrogens is 341 g/mol. The van der Waals surface area contributed by atoms with Crippen molar-refractivity contribution in [3.8, 4) is 0 Å². The molecule has 1 aliphatic carbocycles. The largest absolute Gasteiger partial charge is 0.462 e. The summed E-state index contributed by atoms with van der Waals surface area (Å²) in [5.74, 6) is -0.449. The van der Waals surface area contributed by atoms with Gasteiger partial charge in [-0.25, -0.2) is 18.7 Å². The minimum Gasteiger partial charge on any atom is -0.462 e. The summed E-state index contributed by atoms with van der Waals surface area (Å²) >= 11 is 0. The number of anilines is 1. The third-order valence-corrected chi connectivity index (χ3v) is 4.41. The average molecular weight is 357 g/mol. The second-order valence-electron chi connectivity index (χ2n) is 5.95. The van der Waals surface area contributed by atoms with Gasteiger partial charge in [-0.2, -0.15) is 5.10 Å². The summed E-state index contributed by atoms with van der Waals surface area (Å²) in [7, 11) is 0. The molecule has 134 valence electrons. The lowest BCUT2D eigenvalue weighted by Gasteiger charge is -2.14. The van der Waals surface area contributed by atoms with Gasteiger partial charge in [0.2, 0.25) is 0 Å². The topological polar surface area (TPSA) is 101 Å². The summed E-state index contributed by atoms with van der Waals surface area (Å²) in [6, 6.07) is 1.33. The van der Waals surface area contributed by atoms with Gasteiger partial charge in [-0.3, -0.25) is 4.79 Å². The van der Waals surface area contributed by atoms with Crippen LogP contribution in [-0.4, -0.2) is 32.2 Å². The van der Waals surface area contributed by atoms with Gasteiger partial charge in [0, 0.05) is 23.5 Å². The normalized spacial score (nSPS) is 15.8. The van der Waals surface area contributed by atoms with E-state index in [-0.39, 0.29) is 23.8 Å². The molecule has 9 heteroatoms. The van der Waals surface area contributed by atoms with Crippen molar-refractivity contribution in [2.24, 2.45) is 0 Å². The summed E-state index contributed by atoms with van der Waals surface area (Å²) < 4.78 is 20.4.